The number of imide groups is 1. The molecule has 8 heteroatoms. The van der Waals surface area contributed by atoms with Gasteiger partial charge in [0.25, 0.3) is 11.8 Å². The summed E-state index contributed by atoms with van der Waals surface area (Å²) in [6.45, 7) is 15.7. The van der Waals surface area contributed by atoms with E-state index in [1.807, 2.05) is 13.1 Å². The second kappa shape index (κ2) is 10.5. The van der Waals surface area contributed by atoms with Crippen molar-refractivity contribution in [3.05, 3.63) is 47.5 Å². The maximum atomic E-state index is 13.5. The quantitative estimate of drug-likeness (QED) is 0.161. The van der Waals surface area contributed by atoms with Crippen LogP contribution in [0.5, 0.6) is 0 Å². The molecule has 1 aromatic carbocycles. The molecule has 2 aliphatic rings. The van der Waals surface area contributed by atoms with Gasteiger partial charge in [-0.15, -0.1) is 0 Å². The van der Waals surface area contributed by atoms with E-state index in [2.05, 4.69) is 27.4 Å². The van der Waals surface area contributed by atoms with Crippen LogP contribution in [-0.2, 0) is 14.1 Å². The molecular formula is C26H38N2O5Si. The number of hydrogen-bond donors (Lipinski definition) is 0. The van der Waals surface area contributed by atoms with Crippen LogP contribution < -0.4 is 0 Å². The van der Waals surface area contributed by atoms with Crippen molar-refractivity contribution < 1.29 is 23.6 Å². The molecule has 2 aliphatic heterocycles. The van der Waals surface area contributed by atoms with E-state index in [1.165, 1.54) is 4.90 Å². The topological polar surface area (TPSA) is 76.2 Å². The number of amides is 2. The minimum Gasteiger partial charge on any atom is -0.464 e. The van der Waals surface area contributed by atoms with Gasteiger partial charge in [0.15, 0.2) is 14.6 Å². The Morgan fingerprint density at radius 3 is 2.29 bits per heavy atom. The molecule has 0 aromatic heterocycles. The van der Waals surface area contributed by atoms with Gasteiger partial charge in [0.2, 0.25) is 0 Å². The van der Waals surface area contributed by atoms with Crippen LogP contribution in [0.3, 0.4) is 0 Å². The zero-order chi connectivity index (χ0) is 25.1. The highest BCUT2D eigenvalue weighted by Gasteiger charge is 2.53. The fourth-order valence-corrected chi connectivity index (χ4v) is 5.43. The summed E-state index contributed by atoms with van der Waals surface area (Å²) >= 11 is 0. The summed E-state index contributed by atoms with van der Waals surface area (Å²) < 4.78 is 11.9. The molecule has 0 aliphatic carbocycles. The molecular weight excluding hydrogens is 448 g/mol. The lowest BCUT2D eigenvalue weighted by molar-refractivity contribution is -0.175. The molecule has 1 atom stereocenters. The lowest BCUT2D eigenvalue weighted by atomic mass is 9.88. The van der Waals surface area contributed by atoms with Gasteiger partial charge in [0.1, 0.15) is 0 Å². The van der Waals surface area contributed by atoms with Crippen molar-refractivity contribution in [1.29, 1.82) is 0 Å². The third-order valence-electron chi connectivity index (χ3n) is 6.37. The van der Waals surface area contributed by atoms with E-state index in [-0.39, 0.29) is 23.8 Å². The van der Waals surface area contributed by atoms with Gasteiger partial charge in [-0.2, -0.15) is 5.06 Å². The van der Waals surface area contributed by atoms with E-state index in [9.17, 15) is 14.4 Å². The monoisotopic (exact) mass is 486 g/mol. The molecule has 1 aromatic rings. The summed E-state index contributed by atoms with van der Waals surface area (Å²) in [5.74, 6) is -1.13. The minimum atomic E-state index is -1.53. The van der Waals surface area contributed by atoms with E-state index in [1.54, 1.807) is 29.3 Å². The number of carbonyl (C=O) groups is 3. The van der Waals surface area contributed by atoms with Gasteiger partial charge in [-0.05, 0) is 68.3 Å². The second-order valence-electron chi connectivity index (χ2n) is 10.7. The summed E-state index contributed by atoms with van der Waals surface area (Å²) in [5, 5.41) is 1.71. The van der Waals surface area contributed by atoms with Crippen LogP contribution in [0.1, 0.15) is 73.6 Å². The molecule has 186 valence electrons. The SMILES string of the molecule is C=C(CN1C(=O)c2ccccc2C1=O)C1(C(=O)OCCCCC(C)(C)C)CCCN1O[SiH](C)C. The largest absolute Gasteiger partial charge is 0.464 e. The fraction of sp³-hybridized carbons (Fsp3) is 0.577. The second-order valence-corrected chi connectivity index (χ2v) is 13.0. The fourth-order valence-electron chi connectivity index (χ4n) is 4.64. The van der Waals surface area contributed by atoms with Crippen molar-refractivity contribution in [1.82, 2.24) is 9.96 Å². The minimum absolute atomic E-state index is 0.0506. The summed E-state index contributed by atoms with van der Waals surface area (Å²) in [4.78, 5) is 40.6. The number of rotatable bonds is 10. The Kier molecular flexibility index (Phi) is 8.16. The van der Waals surface area contributed by atoms with Crippen molar-refractivity contribution in [2.75, 3.05) is 19.7 Å². The van der Waals surface area contributed by atoms with Gasteiger partial charge in [0, 0.05) is 6.54 Å². The molecule has 0 bridgehead atoms. The van der Waals surface area contributed by atoms with Crippen LogP contribution in [0.15, 0.2) is 36.4 Å². The van der Waals surface area contributed by atoms with Gasteiger partial charge in [0.05, 0.1) is 24.3 Å². The lowest BCUT2D eigenvalue weighted by Crippen LogP contribution is -2.55. The zero-order valence-electron chi connectivity index (χ0n) is 21.2. The van der Waals surface area contributed by atoms with E-state index >= 15 is 0 Å². The normalized spacial score (nSPS) is 20.8. The van der Waals surface area contributed by atoms with Crippen molar-refractivity contribution >= 4 is 26.8 Å². The molecule has 0 N–H and O–H groups in total. The number of nitrogens with zero attached hydrogens (tertiary/aromatic N) is 2. The Bertz CT molecular complexity index is 920. The number of benzene rings is 1. The predicted molar refractivity (Wildman–Crippen MR) is 134 cm³/mol. The van der Waals surface area contributed by atoms with Crippen LogP contribution in [0.2, 0.25) is 13.1 Å². The Hall–Kier alpha value is -2.29. The molecule has 0 radical (unpaired) electrons. The Balaban J connectivity index is 1.76. The summed E-state index contributed by atoms with van der Waals surface area (Å²) in [6, 6.07) is 6.77. The average Bonchev–Trinajstić information content (AvgIpc) is 3.28. The number of ether oxygens (including phenoxy) is 1. The number of unbranched alkanes of at least 4 members (excludes halogenated alkanes) is 1. The van der Waals surface area contributed by atoms with E-state index in [0.717, 1.165) is 25.7 Å². The molecule has 1 unspecified atom stereocenters. The first-order valence-electron chi connectivity index (χ1n) is 12.2. The van der Waals surface area contributed by atoms with E-state index in [0.29, 0.717) is 36.3 Å². The van der Waals surface area contributed by atoms with Crippen molar-refractivity contribution in [2.24, 2.45) is 5.41 Å². The Labute approximate surface area is 204 Å². The first kappa shape index (κ1) is 26.3. The number of hydroxylamine groups is 2. The van der Waals surface area contributed by atoms with Crippen molar-refractivity contribution in [2.45, 2.75) is 71.5 Å². The first-order valence-corrected chi connectivity index (χ1v) is 15.0. The number of carbonyl (C=O) groups excluding carboxylic acids is 3. The zero-order valence-corrected chi connectivity index (χ0v) is 22.3. The number of esters is 1. The molecule has 2 heterocycles. The number of fused-ring (bicyclic) bond motifs is 1. The van der Waals surface area contributed by atoms with Gasteiger partial charge in [-0.25, -0.2) is 4.79 Å². The average molecular weight is 487 g/mol. The molecule has 0 saturated carbocycles. The lowest BCUT2D eigenvalue weighted by Gasteiger charge is -2.39. The van der Waals surface area contributed by atoms with Gasteiger partial charge in [-0.3, -0.25) is 14.5 Å². The summed E-state index contributed by atoms with van der Waals surface area (Å²) in [5.41, 5.74) is 0.254. The van der Waals surface area contributed by atoms with Crippen LogP contribution in [0.25, 0.3) is 0 Å². The van der Waals surface area contributed by atoms with Crippen LogP contribution in [-0.4, -0.2) is 62.0 Å². The summed E-state index contributed by atoms with van der Waals surface area (Å²) in [6.07, 6.45) is 4.03. The Morgan fingerprint density at radius 1 is 1.12 bits per heavy atom. The van der Waals surface area contributed by atoms with E-state index in [4.69, 9.17) is 9.26 Å². The highest BCUT2D eigenvalue weighted by atomic mass is 28.3. The first-order chi connectivity index (χ1) is 16.0. The predicted octanol–water partition coefficient (Wildman–Crippen LogP) is 4.35. The maximum Gasteiger partial charge on any atom is 0.333 e. The molecule has 2 amide bonds. The maximum absolute atomic E-state index is 13.5. The van der Waals surface area contributed by atoms with Crippen LogP contribution >= 0.6 is 0 Å². The molecule has 0 spiro atoms. The standard InChI is InChI=1S/C26H38N2O5Si/c1-19(18-27-22(29)20-12-7-8-13-21(20)23(27)30)26(15-11-16-28(26)33-34(5)6)24(31)32-17-10-9-14-25(2,3)4/h7-8,12-13,34H,1,9-11,14-18H2,2-6H3. The van der Waals surface area contributed by atoms with E-state index < -0.39 is 20.5 Å². The molecule has 34 heavy (non-hydrogen) atoms. The summed E-state index contributed by atoms with van der Waals surface area (Å²) in [7, 11) is -1.53. The Morgan fingerprint density at radius 2 is 1.74 bits per heavy atom. The van der Waals surface area contributed by atoms with Gasteiger partial charge >= 0.3 is 5.97 Å². The highest BCUT2D eigenvalue weighted by molar-refractivity contribution is 6.48. The van der Waals surface area contributed by atoms with Crippen molar-refractivity contribution in [3.63, 3.8) is 0 Å². The number of hydrogen-bond acceptors (Lipinski definition) is 6. The van der Waals surface area contributed by atoms with Crippen LogP contribution in [0, 0.1) is 5.41 Å². The van der Waals surface area contributed by atoms with Crippen molar-refractivity contribution in [3.8, 4) is 0 Å². The molecule has 1 fully saturated rings. The smallest absolute Gasteiger partial charge is 0.333 e. The third-order valence-corrected chi connectivity index (χ3v) is 7.04. The molecule has 3 rings (SSSR count). The van der Waals surface area contributed by atoms with Crippen LogP contribution in [0.4, 0.5) is 0 Å². The molecule has 1 saturated heterocycles. The molecule has 7 nitrogen and oxygen atoms in total. The third kappa shape index (κ3) is 5.50. The van der Waals surface area contributed by atoms with Gasteiger partial charge in [-0.1, -0.05) is 39.5 Å². The highest BCUT2D eigenvalue weighted by Crippen LogP contribution is 2.38. The van der Waals surface area contributed by atoms with Gasteiger partial charge < -0.3 is 9.26 Å².